The number of nitrogens with two attached hydrogens (primary N) is 4. The van der Waals surface area contributed by atoms with Gasteiger partial charge in [-0.3, -0.25) is 107 Å². The number of aliphatic carboxylic acids is 3. The highest BCUT2D eigenvalue weighted by molar-refractivity contribution is 7.99. The van der Waals surface area contributed by atoms with Gasteiger partial charge >= 0.3 is 17.9 Å². The third-order valence-electron chi connectivity index (χ3n) is 20.2. The quantitative estimate of drug-likeness (QED) is 0.0204. The summed E-state index contributed by atoms with van der Waals surface area (Å²) in [5.74, 6) is -29.2. The zero-order valence-corrected chi connectivity index (χ0v) is 76.6. The van der Waals surface area contributed by atoms with Crippen LogP contribution in [0.3, 0.4) is 0 Å². The van der Waals surface area contributed by atoms with E-state index < -0.39 is 328 Å². The van der Waals surface area contributed by atoms with Gasteiger partial charge in [-0.25, -0.2) is 0 Å². The molecule has 0 aromatic heterocycles. The smallest absolute Gasteiger partial charge is 0.322 e. The first-order valence-electron chi connectivity index (χ1n) is 42.4. The van der Waals surface area contributed by atoms with E-state index in [-0.39, 0.29) is 56.0 Å². The van der Waals surface area contributed by atoms with Crippen molar-refractivity contribution < 1.29 is 132 Å². The van der Waals surface area contributed by atoms with Gasteiger partial charge in [0.25, 0.3) is 0 Å². The van der Waals surface area contributed by atoms with Gasteiger partial charge in [0.1, 0.15) is 91.1 Å². The fourth-order valence-electron chi connectivity index (χ4n) is 12.9. The van der Waals surface area contributed by atoms with E-state index in [2.05, 4.69) is 95.7 Å². The lowest BCUT2D eigenvalue weighted by Crippen LogP contribution is -2.63. The summed E-state index contributed by atoms with van der Waals surface area (Å²) in [6.07, 6.45) is -9.41. The first-order chi connectivity index (χ1) is 63.2. The first-order valence-corrected chi connectivity index (χ1v) is 45.8. The molecule has 742 valence electrons. The molecular weight excluding hydrogens is 1830 g/mol. The van der Waals surface area contributed by atoms with Gasteiger partial charge in [-0.05, 0) is 87.5 Å². The number of guanidine groups is 2. The number of hydrogen-bond donors (Lipinski definition) is 31. The van der Waals surface area contributed by atoms with Gasteiger partial charge in [0.15, 0.2) is 11.9 Å². The molecule has 18 atom stereocenters. The zero-order chi connectivity index (χ0) is 100. The van der Waals surface area contributed by atoms with Crippen molar-refractivity contribution in [2.24, 2.45) is 28.9 Å². The minimum atomic E-state index is -2.29. The number of carbonyl (C=O) groups is 20. The minimum Gasteiger partial charge on any atom is -0.481 e. The number of thioether (sulfide) groups is 3. The van der Waals surface area contributed by atoms with Crippen molar-refractivity contribution in [1.29, 1.82) is 10.8 Å². The molecule has 2 aliphatic heterocycles. The Balaban J connectivity index is 2.12. The summed E-state index contributed by atoms with van der Waals surface area (Å²) in [6, 6.07) is -15.3. The molecule has 0 fully saturated rings. The zero-order valence-electron chi connectivity index (χ0n) is 74.1. The number of benzene rings is 2. The van der Waals surface area contributed by atoms with Crippen molar-refractivity contribution in [2.75, 3.05) is 56.7 Å². The second-order valence-electron chi connectivity index (χ2n) is 31.4. The van der Waals surface area contributed by atoms with E-state index in [1.165, 1.54) is 38.1 Å². The van der Waals surface area contributed by atoms with E-state index >= 15 is 4.79 Å². The summed E-state index contributed by atoms with van der Waals surface area (Å²) in [5, 5.41) is 131. The molecule has 0 saturated carbocycles. The molecule has 0 unspecified atom stereocenters. The van der Waals surface area contributed by atoms with Crippen molar-refractivity contribution in [3.05, 3.63) is 70.8 Å². The molecule has 0 aliphatic carbocycles. The Morgan fingerprint density at radius 3 is 1.38 bits per heavy atom. The Morgan fingerprint density at radius 2 is 0.888 bits per heavy atom. The summed E-state index contributed by atoms with van der Waals surface area (Å²) in [6.45, 7) is 1.79. The largest absolute Gasteiger partial charge is 0.481 e. The number of aliphatic hydroxyl groups is 4. The molecule has 2 aromatic rings. The van der Waals surface area contributed by atoms with E-state index in [0.29, 0.717) is 22.3 Å². The van der Waals surface area contributed by atoms with Crippen LogP contribution >= 0.6 is 35.3 Å². The molecule has 17 amide bonds. The fraction of sp³-hybridized carbons (Fsp3) is 0.575. The van der Waals surface area contributed by atoms with Gasteiger partial charge in [-0.1, -0.05) is 68.8 Å². The molecule has 0 radical (unpaired) electrons. The van der Waals surface area contributed by atoms with E-state index in [1.807, 2.05) is 0 Å². The molecule has 54 heteroatoms. The van der Waals surface area contributed by atoms with Gasteiger partial charge in [0.2, 0.25) is 100 Å². The van der Waals surface area contributed by atoms with Crippen molar-refractivity contribution in [3.63, 3.8) is 0 Å². The number of carboxylic acid groups (broad SMARTS) is 3. The van der Waals surface area contributed by atoms with E-state index in [4.69, 9.17) is 33.8 Å². The molecule has 0 saturated heterocycles. The summed E-state index contributed by atoms with van der Waals surface area (Å²) in [7, 11) is 0. The van der Waals surface area contributed by atoms with Crippen molar-refractivity contribution in [3.8, 4) is 0 Å². The molecule has 134 heavy (non-hydrogen) atoms. The average Bonchev–Trinajstić information content (AvgIpc) is 0.878. The maximum atomic E-state index is 15.3. The molecule has 0 spiro atoms. The Labute approximate surface area is 781 Å². The maximum absolute atomic E-state index is 15.3. The van der Waals surface area contributed by atoms with Crippen molar-refractivity contribution in [2.45, 2.75) is 225 Å². The van der Waals surface area contributed by atoms with Gasteiger partial charge in [0.05, 0.1) is 44.4 Å². The fourth-order valence-corrected chi connectivity index (χ4v) is 15.8. The predicted octanol–water partition coefficient (Wildman–Crippen LogP) is -11.0. The standard InChI is InChI=1S/C80H122N24O27S3/c1-6-37(2)61-76(129)101-53(66(119)90-28-60(115)116)34-132-31-42-22-43-24-44(23-42)33-134-36-55(99-64(117)38(3)81)75(128)104-62(39(4)107)77(130)94-48(17-19-58(111)112)68(121)95-49(25-41-12-8-7-9-13-41)70(123)93-47(16-18-56(82)109)69(122)103-63(40(5)108)78(131)96-50(26-59(113)114)71(124)100-54(35-133-32-43)74(127)92-45(14-10-20-87-79(83)84)65(118)89-27-57(110)91-46(15-11-21-88-80(85)86)67(120)97-51(29-105)72(125)98-52(30-106)73(126)102-61/h7-9,12-13,22-24,37-40,45-55,61-63,105-108H,6,10-11,14-21,25-36,81H2,1-5H3,(H2,82,109)(H,89,118)(H,90,119)(H,91,110)(H,92,127)(H,93,123)(H,94,130)(H,95,121)(H,96,131)(H,97,120)(H,98,125)(H,99,117)(H,100,124)(H,101,129)(H,102,126)(H,103,122)(H,104,128)(H,111,112)(H,113,114)(H,115,116)(H4,83,84,87)(H4,85,86,88)/t37-,38-,39+,40+,45-,46-,47-,48-,49-,50-,51-,52-,53-,54-,55-,61-,62-,63-/m0/s1. The normalized spacial score (nSPS) is 24.5. The van der Waals surface area contributed by atoms with Crippen LogP contribution in [-0.4, -0.2) is 325 Å². The molecule has 51 nitrogen and oxygen atoms in total. The number of nitrogens with one attached hydrogen (secondary N) is 20. The molecular formula is C80H122N24O27S3. The number of primary amides is 1. The minimum absolute atomic E-state index is 0.0622. The van der Waals surface area contributed by atoms with Crippen LogP contribution < -0.4 is 119 Å². The van der Waals surface area contributed by atoms with Crippen molar-refractivity contribution >= 4 is 166 Å². The van der Waals surface area contributed by atoms with Crippen LogP contribution in [0, 0.1) is 16.7 Å². The Morgan fingerprint density at radius 1 is 0.463 bits per heavy atom. The van der Waals surface area contributed by atoms with E-state index in [9.17, 15) is 127 Å². The van der Waals surface area contributed by atoms with Crippen LogP contribution in [0.25, 0.3) is 0 Å². The second kappa shape index (κ2) is 58.3. The van der Waals surface area contributed by atoms with Crippen LogP contribution in [0.1, 0.15) is 121 Å². The molecule has 2 aliphatic rings. The van der Waals surface area contributed by atoms with Gasteiger partial charge in [-0.2, -0.15) is 35.3 Å². The lowest BCUT2D eigenvalue weighted by molar-refractivity contribution is -0.142. The molecule has 35 N–H and O–H groups in total. The predicted molar refractivity (Wildman–Crippen MR) is 482 cm³/mol. The van der Waals surface area contributed by atoms with Crippen LogP contribution in [-0.2, 0) is 120 Å². The van der Waals surface area contributed by atoms with Crippen LogP contribution in [0.4, 0.5) is 0 Å². The van der Waals surface area contributed by atoms with Gasteiger partial charge in [0, 0.05) is 66.9 Å². The Hall–Kier alpha value is -12.8. The van der Waals surface area contributed by atoms with Crippen LogP contribution in [0.5, 0.6) is 0 Å². The Bertz CT molecular complexity index is 4490. The van der Waals surface area contributed by atoms with Gasteiger partial charge in [-0.15, -0.1) is 0 Å². The molecule has 2 aromatic carbocycles. The van der Waals surface area contributed by atoms with Gasteiger partial charge < -0.3 is 154 Å². The van der Waals surface area contributed by atoms with E-state index in [0.717, 1.165) is 49.1 Å². The number of rotatable bonds is 29. The van der Waals surface area contributed by atoms with Crippen LogP contribution in [0.15, 0.2) is 48.5 Å². The van der Waals surface area contributed by atoms with Crippen molar-refractivity contribution in [1.82, 2.24) is 95.7 Å². The Kier molecular flexibility index (Phi) is 49.4. The number of fused-ring (bicyclic) bond motifs is 5. The highest BCUT2D eigenvalue weighted by Gasteiger charge is 2.41. The molecule has 4 rings (SSSR count). The number of hydrogen-bond acceptors (Lipinski definition) is 30. The summed E-state index contributed by atoms with van der Waals surface area (Å²) < 4.78 is 0. The molecule has 4 bridgehead atoms. The lowest BCUT2D eigenvalue weighted by Gasteiger charge is -2.29. The highest BCUT2D eigenvalue weighted by Crippen LogP contribution is 2.26. The number of carboxylic acids is 3. The topological polar surface area (TPSA) is 851 Å². The highest BCUT2D eigenvalue weighted by atomic mass is 32.2. The number of aliphatic hydroxyl groups excluding tert-OH is 4. The number of amides is 17. The number of carbonyl (C=O) groups excluding carboxylic acids is 17. The summed E-state index contributed by atoms with van der Waals surface area (Å²) in [4.78, 5) is 280. The average molecular weight is 1950 g/mol. The van der Waals surface area contributed by atoms with E-state index in [1.54, 1.807) is 31.2 Å². The maximum Gasteiger partial charge on any atom is 0.322 e. The lowest BCUT2D eigenvalue weighted by atomic mass is 9.97. The summed E-state index contributed by atoms with van der Waals surface area (Å²) in [5.41, 5.74) is 23.9. The SMILES string of the molecule is CC[C@H](C)[C@@H]1NC(=O)[C@H](CO)NC(=O)[C@H](CO)NC(=O)[C@H](CCCNC(=N)N)NC(=O)CNC(=O)[C@H](CCCNC(=N)N)NC(=O)[C@@H]2CSCc3cc(cc(c3)CSC[C@@H](C(=O)NCC(=O)O)NC1=O)CSC[C@H](NC(=O)[C@H](C)N)C(=O)N[C@@H]([C@@H](C)O)C(=O)N[C@@H](CCC(=O)O)C(=O)N[C@@H](Cc1ccccc1)C(=O)N[C@@H](CCC(N)=O)C(=O)N[C@@H]([C@@H](C)O)C(=O)N[C@@H](CC(=O)O)C(=O)N2. The first kappa shape index (κ1) is 114. The third-order valence-corrected chi connectivity index (χ3v) is 23.6. The summed E-state index contributed by atoms with van der Waals surface area (Å²) >= 11 is 2.79. The monoisotopic (exact) mass is 1950 g/mol. The van der Waals surface area contributed by atoms with Crippen LogP contribution in [0.2, 0.25) is 0 Å². The second-order valence-corrected chi connectivity index (χ2v) is 34.5. The molecule has 2 heterocycles. The third kappa shape index (κ3) is 41.2.